The van der Waals surface area contributed by atoms with E-state index in [0.29, 0.717) is 23.9 Å². The van der Waals surface area contributed by atoms with E-state index in [2.05, 4.69) is 30.5 Å². The Kier molecular flexibility index (Phi) is 6.62. The summed E-state index contributed by atoms with van der Waals surface area (Å²) >= 11 is 0. The number of anilines is 1. The van der Waals surface area contributed by atoms with Gasteiger partial charge in [0, 0.05) is 31.5 Å². The van der Waals surface area contributed by atoms with E-state index in [-0.39, 0.29) is 5.91 Å². The molecule has 0 spiro atoms. The second-order valence-electron chi connectivity index (χ2n) is 5.81. The predicted molar refractivity (Wildman–Crippen MR) is 93.8 cm³/mol. The van der Waals surface area contributed by atoms with Crippen molar-refractivity contribution in [3.05, 3.63) is 47.7 Å². The van der Waals surface area contributed by atoms with Crippen LogP contribution in [-0.4, -0.2) is 52.9 Å². The van der Waals surface area contributed by atoms with Gasteiger partial charge in [0.2, 0.25) is 0 Å². The molecular formula is C17H24N6O. The summed E-state index contributed by atoms with van der Waals surface area (Å²) < 4.78 is 0. The molecule has 0 aliphatic heterocycles. The Morgan fingerprint density at radius 1 is 1.21 bits per heavy atom. The Labute approximate surface area is 142 Å². The molecule has 2 aromatic heterocycles. The molecule has 2 heterocycles. The van der Waals surface area contributed by atoms with Gasteiger partial charge in [-0.15, -0.1) is 0 Å². The van der Waals surface area contributed by atoms with Gasteiger partial charge in [-0.05, 0) is 51.7 Å². The molecular weight excluding hydrogens is 304 g/mol. The van der Waals surface area contributed by atoms with Crippen LogP contribution in [0.3, 0.4) is 0 Å². The standard InChI is InChI=1S/C17H24N6O/c1-13-21-15(11-16(22-13)19-7-4-10-23(2)3)17(24)20-12-14-5-8-18-9-6-14/h5-6,8-9,11H,4,7,10,12H2,1-3H3,(H,20,24)(H,19,21,22). The topological polar surface area (TPSA) is 83.0 Å². The van der Waals surface area contributed by atoms with Crippen LogP contribution in [0, 0.1) is 6.92 Å². The lowest BCUT2D eigenvalue weighted by Crippen LogP contribution is -2.24. The van der Waals surface area contributed by atoms with E-state index >= 15 is 0 Å². The first-order valence-electron chi connectivity index (χ1n) is 7.96. The first-order chi connectivity index (χ1) is 11.5. The summed E-state index contributed by atoms with van der Waals surface area (Å²) in [5.41, 5.74) is 1.36. The summed E-state index contributed by atoms with van der Waals surface area (Å²) in [5, 5.41) is 6.10. The number of hydrogen-bond donors (Lipinski definition) is 2. The second-order valence-corrected chi connectivity index (χ2v) is 5.81. The molecule has 0 aromatic carbocycles. The molecule has 2 N–H and O–H groups in total. The van der Waals surface area contributed by atoms with Crippen LogP contribution in [0.2, 0.25) is 0 Å². The summed E-state index contributed by atoms with van der Waals surface area (Å²) in [6.45, 7) is 4.02. The molecule has 2 aromatic rings. The largest absolute Gasteiger partial charge is 0.370 e. The lowest BCUT2D eigenvalue weighted by molar-refractivity contribution is 0.0945. The molecule has 24 heavy (non-hydrogen) atoms. The Morgan fingerprint density at radius 3 is 2.67 bits per heavy atom. The van der Waals surface area contributed by atoms with Gasteiger partial charge in [-0.1, -0.05) is 0 Å². The van der Waals surface area contributed by atoms with Gasteiger partial charge in [-0.25, -0.2) is 9.97 Å². The molecule has 0 aliphatic rings. The SMILES string of the molecule is Cc1nc(NCCCN(C)C)cc(C(=O)NCc2ccncc2)n1. The van der Waals surface area contributed by atoms with Crippen molar-refractivity contribution < 1.29 is 4.79 Å². The molecule has 2 rings (SSSR count). The first-order valence-corrected chi connectivity index (χ1v) is 7.96. The second kappa shape index (κ2) is 8.93. The van der Waals surface area contributed by atoms with Gasteiger partial charge in [-0.3, -0.25) is 9.78 Å². The van der Waals surface area contributed by atoms with Gasteiger partial charge in [0.25, 0.3) is 5.91 Å². The molecule has 0 bridgehead atoms. The number of rotatable bonds is 8. The fraction of sp³-hybridized carbons (Fsp3) is 0.412. The minimum atomic E-state index is -0.214. The van der Waals surface area contributed by atoms with Gasteiger partial charge in [0.05, 0.1) is 0 Å². The van der Waals surface area contributed by atoms with Crippen LogP contribution in [0.1, 0.15) is 28.3 Å². The average molecular weight is 328 g/mol. The Balaban J connectivity index is 1.92. The molecule has 0 unspecified atom stereocenters. The Morgan fingerprint density at radius 2 is 1.96 bits per heavy atom. The van der Waals surface area contributed by atoms with Crippen LogP contribution < -0.4 is 10.6 Å². The lowest BCUT2D eigenvalue weighted by atomic mass is 10.2. The number of nitrogens with one attached hydrogen (secondary N) is 2. The first kappa shape index (κ1) is 17.8. The highest BCUT2D eigenvalue weighted by atomic mass is 16.1. The van der Waals surface area contributed by atoms with Crippen molar-refractivity contribution in [2.24, 2.45) is 0 Å². The molecule has 0 radical (unpaired) electrons. The maximum Gasteiger partial charge on any atom is 0.270 e. The number of aryl methyl sites for hydroxylation is 1. The van der Waals surface area contributed by atoms with Gasteiger partial charge in [-0.2, -0.15) is 0 Å². The molecule has 1 amide bonds. The van der Waals surface area contributed by atoms with Crippen LogP contribution in [0.15, 0.2) is 30.6 Å². The van der Waals surface area contributed by atoms with Crippen LogP contribution in [0.5, 0.6) is 0 Å². The quantitative estimate of drug-likeness (QED) is 0.714. The minimum Gasteiger partial charge on any atom is -0.370 e. The van der Waals surface area contributed by atoms with E-state index in [9.17, 15) is 4.79 Å². The van der Waals surface area contributed by atoms with E-state index < -0.39 is 0 Å². The van der Waals surface area contributed by atoms with Gasteiger partial charge >= 0.3 is 0 Å². The molecule has 0 fully saturated rings. The number of carbonyl (C=O) groups excluding carboxylic acids is 1. The molecule has 7 heteroatoms. The summed E-state index contributed by atoms with van der Waals surface area (Å²) in [6.07, 6.45) is 4.40. The molecule has 0 saturated carbocycles. The highest BCUT2D eigenvalue weighted by Gasteiger charge is 2.10. The van der Waals surface area contributed by atoms with Crippen molar-refractivity contribution >= 4 is 11.7 Å². The van der Waals surface area contributed by atoms with E-state index in [4.69, 9.17) is 0 Å². The average Bonchev–Trinajstić information content (AvgIpc) is 2.57. The highest BCUT2D eigenvalue weighted by Crippen LogP contribution is 2.07. The summed E-state index contributed by atoms with van der Waals surface area (Å²) in [6, 6.07) is 5.41. The third-order valence-corrected chi connectivity index (χ3v) is 3.36. The fourth-order valence-electron chi connectivity index (χ4n) is 2.16. The normalized spacial score (nSPS) is 10.7. The third kappa shape index (κ3) is 5.92. The van der Waals surface area contributed by atoms with Crippen molar-refractivity contribution in [3.8, 4) is 0 Å². The zero-order chi connectivity index (χ0) is 17.4. The zero-order valence-corrected chi connectivity index (χ0v) is 14.4. The molecule has 7 nitrogen and oxygen atoms in total. The summed E-state index contributed by atoms with van der Waals surface area (Å²) in [5.74, 6) is 1.03. The van der Waals surface area contributed by atoms with Crippen LogP contribution in [-0.2, 0) is 6.54 Å². The van der Waals surface area contributed by atoms with Crippen LogP contribution >= 0.6 is 0 Å². The minimum absolute atomic E-state index is 0.214. The summed E-state index contributed by atoms with van der Waals surface area (Å²) in [7, 11) is 4.08. The predicted octanol–water partition coefficient (Wildman–Crippen LogP) is 1.47. The monoisotopic (exact) mass is 328 g/mol. The number of pyridine rings is 1. The van der Waals surface area contributed by atoms with E-state index in [0.717, 1.165) is 25.1 Å². The molecule has 128 valence electrons. The molecule has 0 saturated heterocycles. The van der Waals surface area contributed by atoms with Crippen molar-refractivity contribution in [3.63, 3.8) is 0 Å². The van der Waals surface area contributed by atoms with E-state index in [1.54, 1.807) is 25.4 Å². The Hall–Kier alpha value is -2.54. The maximum atomic E-state index is 12.3. The number of carbonyl (C=O) groups is 1. The third-order valence-electron chi connectivity index (χ3n) is 3.36. The van der Waals surface area contributed by atoms with Crippen LogP contribution in [0.25, 0.3) is 0 Å². The van der Waals surface area contributed by atoms with Gasteiger partial charge in [0.1, 0.15) is 17.3 Å². The Bertz CT molecular complexity index is 659. The summed E-state index contributed by atoms with van der Waals surface area (Å²) in [4.78, 5) is 26.9. The van der Waals surface area contributed by atoms with Crippen molar-refractivity contribution in [1.82, 2.24) is 25.2 Å². The van der Waals surface area contributed by atoms with Crippen molar-refractivity contribution in [2.45, 2.75) is 19.9 Å². The smallest absolute Gasteiger partial charge is 0.270 e. The molecule has 0 aliphatic carbocycles. The van der Waals surface area contributed by atoms with E-state index in [1.165, 1.54) is 0 Å². The molecule has 0 atom stereocenters. The number of hydrogen-bond acceptors (Lipinski definition) is 6. The fourth-order valence-corrected chi connectivity index (χ4v) is 2.16. The number of amides is 1. The zero-order valence-electron chi connectivity index (χ0n) is 14.4. The number of aromatic nitrogens is 3. The van der Waals surface area contributed by atoms with Crippen molar-refractivity contribution in [1.29, 1.82) is 0 Å². The van der Waals surface area contributed by atoms with Crippen LogP contribution in [0.4, 0.5) is 5.82 Å². The lowest BCUT2D eigenvalue weighted by Gasteiger charge is -2.11. The van der Waals surface area contributed by atoms with Gasteiger partial charge in [0.15, 0.2) is 0 Å². The highest BCUT2D eigenvalue weighted by molar-refractivity contribution is 5.92. The van der Waals surface area contributed by atoms with Gasteiger partial charge < -0.3 is 15.5 Å². The van der Waals surface area contributed by atoms with E-state index in [1.807, 2.05) is 26.2 Å². The number of nitrogens with zero attached hydrogens (tertiary/aromatic N) is 4. The maximum absolute atomic E-state index is 12.3. The van der Waals surface area contributed by atoms with Crippen molar-refractivity contribution in [2.75, 3.05) is 32.5 Å².